The zero-order chi connectivity index (χ0) is 12.8. The summed E-state index contributed by atoms with van der Waals surface area (Å²) in [6.07, 6.45) is 1.74. The number of pyridine rings is 1. The van der Waals surface area contributed by atoms with Gasteiger partial charge in [0.05, 0.1) is 12.2 Å². The smallest absolute Gasteiger partial charge is 0.317 e. The lowest BCUT2D eigenvalue weighted by atomic mass is 10.1. The molecule has 0 aromatic carbocycles. The lowest BCUT2D eigenvalue weighted by Gasteiger charge is -2.28. The summed E-state index contributed by atoms with van der Waals surface area (Å²) in [5.74, 6) is -0.367. The van der Waals surface area contributed by atoms with E-state index in [1.807, 2.05) is 30.0 Å². The Labute approximate surface area is 102 Å². The Balaban J connectivity index is 2.78. The monoisotopic (exact) mass is 236 g/mol. The van der Waals surface area contributed by atoms with Crippen molar-refractivity contribution in [3.8, 4) is 0 Å². The molecule has 0 aliphatic heterocycles. The van der Waals surface area contributed by atoms with Crippen LogP contribution in [0.1, 0.15) is 32.5 Å². The third-order valence-electron chi connectivity index (χ3n) is 2.60. The minimum atomic E-state index is -0.798. The fourth-order valence-corrected chi connectivity index (χ4v) is 1.81. The van der Waals surface area contributed by atoms with Crippen LogP contribution in [0.15, 0.2) is 24.4 Å². The van der Waals surface area contributed by atoms with Crippen LogP contribution in [-0.4, -0.2) is 34.0 Å². The van der Waals surface area contributed by atoms with Crippen LogP contribution in [0.25, 0.3) is 0 Å². The van der Waals surface area contributed by atoms with Crippen molar-refractivity contribution in [1.82, 2.24) is 9.88 Å². The molecule has 1 rings (SSSR count). The van der Waals surface area contributed by atoms with Crippen molar-refractivity contribution in [3.63, 3.8) is 0 Å². The van der Waals surface area contributed by atoms with Gasteiger partial charge in [-0.3, -0.25) is 14.7 Å². The molecule has 1 heterocycles. The van der Waals surface area contributed by atoms with Crippen molar-refractivity contribution >= 4 is 5.97 Å². The van der Waals surface area contributed by atoms with Crippen LogP contribution in [0.3, 0.4) is 0 Å². The SMILES string of the molecule is CC(C)CN(CC(=O)O)C(C)c1ccccn1. The first-order valence-electron chi connectivity index (χ1n) is 5.87. The van der Waals surface area contributed by atoms with Crippen molar-refractivity contribution in [2.24, 2.45) is 5.92 Å². The Hall–Kier alpha value is -1.42. The molecule has 0 saturated heterocycles. The second-order valence-corrected chi connectivity index (χ2v) is 4.65. The molecule has 0 spiro atoms. The van der Waals surface area contributed by atoms with Gasteiger partial charge in [-0.25, -0.2) is 0 Å². The summed E-state index contributed by atoms with van der Waals surface area (Å²) < 4.78 is 0. The van der Waals surface area contributed by atoms with Gasteiger partial charge in [0.2, 0.25) is 0 Å². The van der Waals surface area contributed by atoms with E-state index in [0.29, 0.717) is 5.92 Å². The Morgan fingerprint density at radius 2 is 2.12 bits per heavy atom. The zero-order valence-corrected chi connectivity index (χ0v) is 10.6. The van der Waals surface area contributed by atoms with Crippen molar-refractivity contribution in [2.45, 2.75) is 26.8 Å². The number of carboxylic acids is 1. The predicted molar refractivity (Wildman–Crippen MR) is 66.7 cm³/mol. The molecule has 0 radical (unpaired) electrons. The molecular formula is C13H20N2O2. The number of carbonyl (C=O) groups is 1. The van der Waals surface area contributed by atoms with E-state index in [-0.39, 0.29) is 12.6 Å². The molecule has 94 valence electrons. The molecule has 1 aromatic rings. The minimum Gasteiger partial charge on any atom is -0.480 e. The maximum Gasteiger partial charge on any atom is 0.317 e. The maximum atomic E-state index is 10.9. The van der Waals surface area contributed by atoms with E-state index in [4.69, 9.17) is 5.11 Å². The van der Waals surface area contributed by atoms with Gasteiger partial charge in [0, 0.05) is 18.8 Å². The molecular weight excluding hydrogens is 216 g/mol. The van der Waals surface area contributed by atoms with Gasteiger partial charge < -0.3 is 5.11 Å². The van der Waals surface area contributed by atoms with Crippen LogP contribution in [0, 0.1) is 5.92 Å². The van der Waals surface area contributed by atoms with E-state index in [1.165, 1.54) is 0 Å². The van der Waals surface area contributed by atoms with E-state index in [0.717, 1.165) is 12.2 Å². The Morgan fingerprint density at radius 3 is 2.59 bits per heavy atom. The molecule has 17 heavy (non-hydrogen) atoms. The molecule has 0 bridgehead atoms. The average Bonchev–Trinajstić information content (AvgIpc) is 2.27. The fourth-order valence-electron chi connectivity index (χ4n) is 1.81. The Bertz CT molecular complexity index is 352. The first-order chi connectivity index (χ1) is 8.00. The van der Waals surface area contributed by atoms with Gasteiger partial charge in [-0.1, -0.05) is 19.9 Å². The number of hydrogen-bond acceptors (Lipinski definition) is 3. The summed E-state index contributed by atoms with van der Waals surface area (Å²) in [6.45, 7) is 6.97. The highest BCUT2D eigenvalue weighted by Crippen LogP contribution is 2.18. The van der Waals surface area contributed by atoms with Gasteiger partial charge in [-0.15, -0.1) is 0 Å². The fraction of sp³-hybridized carbons (Fsp3) is 0.538. The number of carboxylic acid groups (broad SMARTS) is 1. The molecule has 4 heteroatoms. The summed E-state index contributed by atoms with van der Waals surface area (Å²) in [6, 6.07) is 5.74. The van der Waals surface area contributed by atoms with E-state index in [2.05, 4.69) is 18.8 Å². The molecule has 1 N–H and O–H groups in total. The number of rotatable bonds is 6. The molecule has 4 nitrogen and oxygen atoms in total. The maximum absolute atomic E-state index is 10.9. The summed E-state index contributed by atoms with van der Waals surface area (Å²) in [7, 11) is 0. The number of aliphatic carboxylic acids is 1. The van der Waals surface area contributed by atoms with Crippen LogP contribution in [0.4, 0.5) is 0 Å². The molecule has 1 aromatic heterocycles. The van der Waals surface area contributed by atoms with E-state index < -0.39 is 5.97 Å². The Kier molecular flexibility index (Phi) is 5.10. The third-order valence-corrected chi connectivity index (χ3v) is 2.60. The highest BCUT2D eigenvalue weighted by atomic mass is 16.4. The van der Waals surface area contributed by atoms with Crippen molar-refractivity contribution in [2.75, 3.05) is 13.1 Å². The number of hydrogen-bond donors (Lipinski definition) is 1. The molecule has 0 saturated carbocycles. The normalized spacial score (nSPS) is 13.0. The van der Waals surface area contributed by atoms with Gasteiger partial charge in [0.1, 0.15) is 0 Å². The highest BCUT2D eigenvalue weighted by Gasteiger charge is 2.19. The average molecular weight is 236 g/mol. The van der Waals surface area contributed by atoms with Crippen molar-refractivity contribution in [1.29, 1.82) is 0 Å². The molecule has 0 amide bonds. The highest BCUT2D eigenvalue weighted by molar-refractivity contribution is 5.69. The topological polar surface area (TPSA) is 53.4 Å². The second kappa shape index (κ2) is 6.35. The zero-order valence-electron chi connectivity index (χ0n) is 10.6. The second-order valence-electron chi connectivity index (χ2n) is 4.65. The van der Waals surface area contributed by atoms with E-state index >= 15 is 0 Å². The largest absolute Gasteiger partial charge is 0.480 e. The predicted octanol–water partition coefficient (Wildman–Crippen LogP) is 2.19. The third kappa shape index (κ3) is 4.53. The molecule has 0 aliphatic carbocycles. The number of aromatic nitrogens is 1. The molecule has 0 aliphatic rings. The van der Waals surface area contributed by atoms with Crippen LogP contribution < -0.4 is 0 Å². The van der Waals surface area contributed by atoms with E-state index in [1.54, 1.807) is 6.20 Å². The molecule has 1 unspecified atom stereocenters. The van der Waals surface area contributed by atoms with Crippen molar-refractivity contribution in [3.05, 3.63) is 30.1 Å². The van der Waals surface area contributed by atoms with Gasteiger partial charge >= 0.3 is 5.97 Å². The van der Waals surface area contributed by atoms with Crippen LogP contribution in [0.2, 0.25) is 0 Å². The van der Waals surface area contributed by atoms with Crippen LogP contribution in [-0.2, 0) is 4.79 Å². The van der Waals surface area contributed by atoms with Gasteiger partial charge in [0.25, 0.3) is 0 Å². The molecule has 0 fully saturated rings. The van der Waals surface area contributed by atoms with Gasteiger partial charge in [-0.2, -0.15) is 0 Å². The molecule has 1 atom stereocenters. The first kappa shape index (κ1) is 13.6. The number of nitrogens with zero attached hydrogens (tertiary/aromatic N) is 2. The quantitative estimate of drug-likeness (QED) is 0.822. The van der Waals surface area contributed by atoms with E-state index in [9.17, 15) is 4.79 Å². The van der Waals surface area contributed by atoms with Crippen molar-refractivity contribution < 1.29 is 9.90 Å². The summed E-state index contributed by atoms with van der Waals surface area (Å²) >= 11 is 0. The Morgan fingerprint density at radius 1 is 1.41 bits per heavy atom. The summed E-state index contributed by atoms with van der Waals surface area (Å²) in [4.78, 5) is 17.1. The summed E-state index contributed by atoms with van der Waals surface area (Å²) in [5, 5.41) is 8.93. The van der Waals surface area contributed by atoms with Gasteiger partial charge in [-0.05, 0) is 25.0 Å². The lowest BCUT2D eigenvalue weighted by molar-refractivity contribution is -0.139. The van der Waals surface area contributed by atoms with Crippen LogP contribution in [0.5, 0.6) is 0 Å². The lowest BCUT2D eigenvalue weighted by Crippen LogP contribution is -2.35. The minimum absolute atomic E-state index is 0.0229. The van der Waals surface area contributed by atoms with Crippen LogP contribution >= 0.6 is 0 Å². The standard InChI is InChI=1S/C13H20N2O2/c1-10(2)8-15(9-13(16)17)11(3)12-6-4-5-7-14-12/h4-7,10-11H,8-9H2,1-3H3,(H,16,17). The first-order valence-corrected chi connectivity index (χ1v) is 5.87. The van der Waals surface area contributed by atoms with Gasteiger partial charge in [0.15, 0.2) is 0 Å². The summed E-state index contributed by atoms with van der Waals surface area (Å²) in [5.41, 5.74) is 0.911.